The number of aromatic nitrogens is 2. The zero-order chi connectivity index (χ0) is 24.9. The van der Waals surface area contributed by atoms with Crippen LogP contribution in [-0.2, 0) is 13.0 Å². The Kier molecular flexibility index (Phi) is 6.76. The van der Waals surface area contributed by atoms with Crippen molar-refractivity contribution in [1.82, 2.24) is 9.55 Å². The molecule has 0 saturated heterocycles. The normalized spacial score (nSPS) is 10.8. The summed E-state index contributed by atoms with van der Waals surface area (Å²) in [6, 6.07) is 31.2. The van der Waals surface area contributed by atoms with Crippen LogP contribution in [0.5, 0.6) is 5.75 Å². The van der Waals surface area contributed by atoms with Gasteiger partial charge in [0, 0.05) is 29.1 Å². The molecule has 1 aromatic heterocycles. The lowest BCUT2D eigenvalue weighted by Gasteiger charge is -2.19. The van der Waals surface area contributed by atoms with Crippen molar-refractivity contribution < 1.29 is 9.53 Å². The van der Waals surface area contributed by atoms with Crippen LogP contribution in [0, 0.1) is 6.92 Å². The molecule has 4 aromatic carbocycles. The molecule has 0 N–H and O–H groups in total. The first-order valence-corrected chi connectivity index (χ1v) is 12.2. The minimum absolute atomic E-state index is 0.000965. The number of carbonyl (C=O) groups excluding carboxylic acids is 1. The summed E-state index contributed by atoms with van der Waals surface area (Å²) in [4.78, 5) is 17.8. The fraction of sp³-hybridized carbons (Fsp3) is 0.125. The Balaban J connectivity index is 1.52. The van der Waals surface area contributed by atoms with Crippen molar-refractivity contribution in [3.05, 3.63) is 137 Å². The summed E-state index contributed by atoms with van der Waals surface area (Å²) in [5.41, 5.74) is 6.86. The summed E-state index contributed by atoms with van der Waals surface area (Å²) in [7, 11) is 0. The van der Waals surface area contributed by atoms with Crippen molar-refractivity contribution in [3.63, 3.8) is 0 Å². The van der Waals surface area contributed by atoms with Gasteiger partial charge >= 0.3 is 0 Å². The molecular weight excluding hydrogens is 444 g/mol. The van der Waals surface area contributed by atoms with Gasteiger partial charge in [-0.15, -0.1) is 0 Å². The van der Waals surface area contributed by atoms with Gasteiger partial charge in [-0.2, -0.15) is 0 Å². The zero-order valence-corrected chi connectivity index (χ0v) is 20.5. The third-order valence-corrected chi connectivity index (χ3v) is 6.37. The standard InChI is InChI=1S/C32H28N2O2/c1-3-29-27(22-36-28-15-8-5-9-16-28)18-17-23(2)30(29)34-20-19-33-32(34)26-14-10-13-25(21-26)31(35)24-11-6-4-7-12-24/h4-21H,3,22H2,1-2H3. The number of imidazole rings is 1. The Bertz CT molecular complexity index is 1490. The maximum atomic E-state index is 13.1. The average molecular weight is 473 g/mol. The number of nitrogens with zero attached hydrogens (tertiary/aromatic N) is 2. The van der Waals surface area contributed by atoms with Crippen LogP contribution in [0.3, 0.4) is 0 Å². The highest BCUT2D eigenvalue weighted by molar-refractivity contribution is 6.09. The Labute approximate surface area is 211 Å². The predicted octanol–water partition coefficient (Wildman–Crippen LogP) is 7.22. The van der Waals surface area contributed by atoms with Crippen LogP contribution in [-0.4, -0.2) is 15.3 Å². The number of aryl methyl sites for hydroxylation is 1. The lowest BCUT2D eigenvalue weighted by molar-refractivity contribution is 0.103. The molecule has 0 fully saturated rings. The maximum absolute atomic E-state index is 13.1. The van der Waals surface area contributed by atoms with Gasteiger partial charge in [-0.05, 0) is 48.2 Å². The van der Waals surface area contributed by atoms with Gasteiger partial charge < -0.3 is 4.74 Å². The number of rotatable bonds is 8. The predicted molar refractivity (Wildman–Crippen MR) is 144 cm³/mol. The van der Waals surface area contributed by atoms with E-state index >= 15 is 0 Å². The third-order valence-electron chi connectivity index (χ3n) is 6.37. The Morgan fingerprint density at radius 3 is 2.33 bits per heavy atom. The van der Waals surface area contributed by atoms with E-state index in [-0.39, 0.29) is 5.78 Å². The van der Waals surface area contributed by atoms with Crippen molar-refractivity contribution >= 4 is 5.78 Å². The lowest BCUT2D eigenvalue weighted by Crippen LogP contribution is -2.08. The summed E-state index contributed by atoms with van der Waals surface area (Å²) in [5.74, 6) is 1.66. The highest BCUT2D eigenvalue weighted by Crippen LogP contribution is 2.30. The number of benzene rings is 4. The Morgan fingerprint density at radius 1 is 0.861 bits per heavy atom. The van der Waals surface area contributed by atoms with Crippen LogP contribution in [0.25, 0.3) is 17.1 Å². The smallest absolute Gasteiger partial charge is 0.193 e. The fourth-order valence-electron chi connectivity index (χ4n) is 4.59. The molecule has 36 heavy (non-hydrogen) atoms. The molecule has 0 aliphatic rings. The Hall–Kier alpha value is -4.44. The van der Waals surface area contributed by atoms with Crippen molar-refractivity contribution in [2.45, 2.75) is 26.9 Å². The third kappa shape index (κ3) is 4.71. The molecule has 0 amide bonds. The molecule has 4 heteroatoms. The first-order chi connectivity index (χ1) is 17.7. The minimum atomic E-state index is 0.000965. The lowest BCUT2D eigenvalue weighted by atomic mass is 9.98. The molecule has 5 aromatic rings. The molecule has 0 unspecified atom stereocenters. The molecule has 4 nitrogen and oxygen atoms in total. The molecular formula is C32H28N2O2. The molecule has 0 saturated carbocycles. The number of para-hydroxylation sites is 1. The van der Waals surface area contributed by atoms with E-state index in [1.807, 2.05) is 97.3 Å². The summed E-state index contributed by atoms with van der Waals surface area (Å²) in [5, 5.41) is 0. The first kappa shape index (κ1) is 23.3. The second-order valence-electron chi connectivity index (χ2n) is 8.72. The summed E-state index contributed by atoms with van der Waals surface area (Å²) in [6.45, 7) is 4.78. The van der Waals surface area contributed by atoms with E-state index in [2.05, 4.69) is 30.5 Å². The number of hydrogen-bond acceptors (Lipinski definition) is 3. The summed E-state index contributed by atoms with van der Waals surface area (Å²) < 4.78 is 8.21. The second kappa shape index (κ2) is 10.4. The molecule has 178 valence electrons. The van der Waals surface area contributed by atoms with E-state index in [9.17, 15) is 4.79 Å². The number of ketones is 1. The van der Waals surface area contributed by atoms with Gasteiger partial charge in [0.1, 0.15) is 18.2 Å². The number of hydrogen-bond donors (Lipinski definition) is 0. The van der Waals surface area contributed by atoms with Gasteiger partial charge in [0.05, 0.1) is 5.69 Å². The first-order valence-electron chi connectivity index (χ1n) is 12.2. The van der Waals surface area contributed by atoms with E-state index in [0.29, 0.717) is 17.7 Å². The topological polar surface area (TPSA) is 44.1 Å². The quantitative estimate of drug-likeness (QED) is 0.224. The van der Waals surface area contributed by atoms with Crippen LogP contribution in [0.1, 0.15) is 39.5 Å². The van der Waals surface area contributed by atoms with E-state index in [4.69, 9.17) is 9.72 Å². The SMILES string of the molecule is CCc1c(COc2ccccc2)ccc(C)c1-n1ccnc1-c1cccc(C(=O)c2ccccc2)c1. The summed E-state index contributed by atoms with van der Waals surface area (Å²) in [6.07, 6.45) is 4.66. The fourth-order valence-corrected chi connectivity index (χ4v) is 4.59. The van der Waals surface area contributed by atoms with Crippen LogP contribution in [0.15, 0.2) is 109 Å². The highest BCUT2D eigenvalue weighted by Gasteiger charge is 2.17. The van der Waals surface area contributed by atoms with Crippen LogP contribution in [0.4, 0.5) is 0 Å². The average Bonchev–Trinajstić information content (AvgIpc) is 3.42. The van der Waals surface area contributed by atoms with Gasteiger partial charge in [0.15, 0.2) is 5.78 Å². The van der Waals surface area contributed by atoms with Crippen molar-refractivity contribution in [1.29, 1.82) is 0 Å². The van der Waals surface area contributed by atoms with E-state index in [1.54, 1.807) is 0 Å². The van der Waals surface area contributed by atoms with Crippen molar-refractivity contribution in [2.24, 2.45) is 0 Å². The van der Waals surface area contributed by atoms with Crippen LogP contribution < -0.4 is 4.74 Å². The molecule has 1 heterocycles. The summed E-state index contributed by atoms with van der Waals surface area (Å²) >= 11 is 0. The van der Waals surface area contributed by atoms with Gasteiger partial charge in [0.25, 0.3) is 0 Å². The number of ether oxygens (including phenoxy) is 1. The van der Waals surface area contributed by atoms with E-state index < -0.39 is 0 Å². The van der Waals surface area contributed by atoms with Gasteiger partial charge in [-0.1, -0.05) is 85.8 Å². The molecule has 0 bridgehead atoms. The zero-order valence-electron chi connectivity index (χ0n) is 20.5. The molecule has 5 rings (SSSR count). The van der Waals surface area contributed by atoms with E-state index in [0.717, 1.165) is 40.4 Å². The van der Waals surface area contributed by atoms with Crippen molar-refractivity contribution in [2.75, 3.05) is 0 Å². The van der Waals surface area contributed by atoms with Crippen LogP contribution >= 0.6 is 0 Å². The van der Waals surface area contributed by atoms with Gasteiger partial charge in [-0.3, -0.25) is 9.36 Å². The molecule has 0 atom stereocenters. The maximum Gasteiger partial charge on any atom is 0.193 e. The second-order valence-corrected chi connectivity index (χ2v) is 8.72. The van der Waals surface area contributed by atoms with Crippen molar-refractivity contribution in [3.8, 4) is 22.8 Å². The van der Waals surface area contributed by atoms with Gasteiger partial charge in [0.2, 0.25) is 0 Å². The largest absolute Gasteiger partial charge is 0.489 e. The molecule has 0 radical (unpaired) electrons. The molecule has 0 spiro atoms. The minimum Gasteiger partial charge on any atom is -0.489 e. The molecule has 0 aliphatic carbocycles. The Morgan fingerprint density at radius 2 is 1.58 bits per heavy atom. The molecule has 0 aliphatic heterocycles. The van der Waals surface area contributed by atoms with Gasteiger partial charge in [-0.25, -0.2) is 4.98 Å². The monoisotopic (exact) mass is 472 g/mol. The van der Waals surface area contributed by atoms with E-state index in [1.165, 1.54) is 5.56 Å². The highest BCUT2D eigenvalue weighted by atomic mass is 16.5. The van der Waals surface area contributed by atoms with Crippen LogP contribution in [0.2, 0.25) is 0 Å². The number of carbonyl (C=O) groups is 1.